The maximum absolute atomic E-state index is 13.6. The SMILES string of the molecule is CC1CCc2cc(C(=O)c3cc4c5c(c3)CCCN5CCC4)cc3c2N1CCC3. The molecule has 0 amide bonds. The lowest BCUT2D eigenvalue weighted by atomic mass is 9.85. The number of nitrogens with zero attached hydrogens (tertiary/aromatic N) is 2. The molecule has 1 unspecified atom stereocenters. The monoisotopic (exact) mass is 386 g/mol. The van der Waals surface area contributed by atoms with E-state index in [0.29, 0.717) is 6.04 Å². The van der Waals surface area contributed by atoms with Gasteiger partial charge in [-0.1, -0.05) is 0 Å². The van der Waals surface area contributed by atoms with Gasteiger partial charge in [0.25, 0.3) is 0 Å². The van der Waals surface area contributed by atoms with Gasteiger partial charge in [0, 0.05) is 48.2 Å². The molecular weight excluding hydrogens is 356 g/mol. The number of benzene rings is 2. The van der Waals surface area contributed by atoms with E-state index in [1.807, 2.05) is 0 Å². The lowest BCUT2D eigenvalue weighted by Crippen LogP contribution is -2.41. The van der Waals surface area contributed by atoms with Gasteiger partial charge in [0.15, 0.2) is 5.78 Å². The minimum atomic E-state index is 0.224. The Balaban J connectivity index is 1.42. The van der Waals surface area contributed by atoms with Gasteiger partial charge in [-0.2, -0.15) is 0 Å². The van der Waals surface area contributed by atoms with Crippen LogP contribution in [0.3, 0.4) is 0 Å². The Bertz CT molecular complexity index is 960. The second-order valence-corrected chi connectivity index (χ2v) is 9.49. The normalized spacial score (nSPS) is 22.2. The molecule has 0 bridgehead atoms. The molecule has 2 aromatic carbocycles. The minimum Gasteiger partial charge on any atom is -0.371 e. The molecular formula is C26H30N2O. The van der Waals surface area contributed by atoms with E-state index in [0.717, 1.165) is 36.8 Å². The second-order valence-electron chi connectivity index (χ2n) is 9.49. The van der Waals surface area contributed by atoms with Gasteiger partial charge in [-0.05, 0) is 105 Å². The maximum atomic E-state index is 13.6. The summed E-state index contributed by atoms with van der Waals surface area (Å²) in [6.45, 7) is 5.87. The number of hydrogen-bond donors (Lipinski definition) is 0. The van der Waals surface area contributed by atoms with Gasteiger partial charge in [-0.3, -0.25) is 4.79 Å². The molecule has 4 heterocycles. The first-order chi connectivity index (χ1) is 14.2. The van der Waals surface area contributed by atoms with Crippen LogP contribution in [0.5, 0.6) is 0 Å². The zero-order valence-electron chi connectivity index (χ0n) is 17.5. The molecule has 3 nitrogen and oxygen atoms in total. The molecule has 0 aromatic heterocycles. The molecule has 0 radical (unpaired) electrons. The average Bonchev–Trinajstić information content (AvgIpc) is 2.76. The number of carbonyl (C=O) groups excluding carboxylic acids is 1. The Morgan fingerprint density at radius 1 is 0.759 bits per heavy atom. The predicted molar refractivity (Wildman–Crippen MR) is 119 cm³/mol. The first-order valence-corrected chi connectivity index (χ1v) is 11.6. The summed E-state index contributed by atoms with van der Waals surface area (Å²) in [4.78, 5) is 18.7. The Morgan fingerprint density at radius 2 is 1.28 bits per heavy atom. The van der Waals surface area contributed by atoms with Crippen LogP contribution in [0.15, 0.2) is 24.3 Å². The van der Waals surface area contributed by atoms with Gasteiger partial charge in [0.2, 0.25) is 0 Å². The van der Waals surface area contributed by atoms with E-state index >= 15 is 0 Å². The molecule has 6 rings (SSSR count). The van der Waals surface area contributed by atoms with Crippen molar-refractivity contribution in [1.29, 1.82) is 0 Å². The number of aryl methyl sites for hydroxylation is 4. The molecule has 0 N–H and O–H groups in total. The van der Waals surface area contributed by atoms with Crippen LogP contribution in [0.1, 0.15) is 70.8 Å². The zero-order valence-corrected chi connectivity index (χ0v) is 17.5. The highest BCUT2D eigenvalue weighted by atomic mass is 16.1. The number of rotatable bonds is 2. The fourth-order valence-corrected chi connectivity index (χ4v) is 6.26. The van der Waals surface area contributed by atoms with Gasteiger partial charge in [-0.15, -0.1) is 0 Å². The minimum absolute atomic E-state index is 0.224. The van der Waals surface area contributed by atoms with Crippen LogP contribution < -0.4 is 9.80 Å². The highest BCUT2D eigenvalue weighted by molar-refractivity contribution is 6.10. The van der Waals surface area contributed by atoms with Crippen LogP contribution in [-0.4, -0.2) is 31.5 Å². The Kier molecular flexibility index (Phi) is 4.01. The number of anilines is 2. The van der Waals surface area contributed by atoms with Crippen LogP contribution in [0, 0.1) is 0 Å². The third-order valence-electron chi connectivity index (χ3n) is 7.62. The van der Waals surface area contributed by atoms with E-state index < -0.39 is 0 Å². The van der Waals surface area contributed by atoms with Crippen molar-refractivity contribution in [3.8, 4) is 0 Å². The van der Waals surface area contributed by atoms with Gasteiger partial charge in [0.05, 0.1) is 0 Å². The molecule has 2 aromatic rings. The van der Waals surface area contributed by atoms with E-state index in [1.54, 1.807) is 0 Å². The van der Waals surface area contributed by atoms with Crippen molar-refractivity contribution >= 4 is 17.2 Å². The Labute approximate surface area is 173 Å². The third-order valence-corrected chi connectivity index (χ3v) is 7.62. The molecule has 29 heavy (non-hydrogen) atoms. The maximum Gasteiger partial charge on any atom is 0.193 e. The molecule has 150 valence electrons. The third kappa shape index (κ3) is 2.73. The topological polar surface area (TPSA) is 23.6 Å². The lowest BCUT2D eigenvalue weighted by molar-refractivity contribution is 0.103. The van der Waals surface area contributed by atoms with Gasteiger partial charge in [0.1, 0.15) is 0 Å². The van der Waals surface area contributed by atoms with Gasteiger partial charge >= 0.3 is 0 Å². The molecule has 0 fully saturated rings. The van der Waals surface area contributed by atoms with Crippen LogP contribution in [-0.2, 0) is 25.7 Å². The lowest BCUT2D eigenvalue weighted by Gasteiger charge is -2.41. The van der Waals surface area contributed by atoms with E-state index in [9.17, 15) is 4.79 Å². The molecule has 0 saturated carbocycles. The average molecular weight is 387 g/mol. The smallest absolute Gasteiger partial charge is 0.193 e. The van der Waals surface area contributed by atoms with Crippen molar-refractivity contribution in [2.24, 2.45) is 0 Å². The molecule has 1 atom stereocenters. The van der Waals surface area contributed by atoms with E-state index in [4.69, 9.17) is 0 Å². The number of carbonyl (C=O) groups is 1. The molecule has 0 saturated heterocycles. The zero-order chi connectivity index (χ0) is 19.5. The van der Waals surface area contributed by atoms with Crippen LogP contribution in [0.4, 0.5) is 11.4 Å². The van der Waals surface area contributed by atoms with Crippen molar-refractivity contribution in [2.75, 3.05) is 29.4 Å². The first-order valence-electron chi connectivity index (χ1n) is 11.6. The molecule has 0 spiro atoms. The summed E-state index contributed by atoms with van der Waals surface area (Å²) in [6, 6.07) is 9.46. The summed E-state index contributed by atoms with van der Waals surface area (Å²) in [5.41, 5.74) is 10.3. The standard InChI is InChI=1S/C26H30N2O/c1-17-8-9-21-16-23(15-20-7-4-12-28(17)25(20)21)26(29)22-13-18-5-2-10-27-11-3-6-19(14-22)24(18)27/h13-17H,2-12H2,1H3. The summed E-state index contributed by atoms with van der Waals surface area (Å²) >= 11 is 0. The largest absolute Gasteiger partial charge is 0.371 e. The van der Waals surface area contributed by atoms with Crippen molar-refractivity contribution in [3.63, 3.8) is 0 Å². The van der Waals surface area contributed by atoms with Crippen molar-refractivity contribution in [3.05, 3.63) is 57.6 Å². The summed E-state index contributed by atoms with van der Waals surface area (Å²) < 4.78 is 0. The van der Waals surface area contributed by atoms with Crippen LogP contribution in [0.2, 0.25) is 0 Å². The summed E-state index contributed by atoms with van der Waals surface area (Å²) in [5, 5.41) is 0. The van der Waals surface area contributed by atoms with Gasteiger partial charge in [-0.25, -0.2) is 0 Å². The highest BCUT2D eigenvalue weighted by Gasteiger charge is 2.30. The summed E-state index contributed by atoms with van der Waals surface area (Å²) in [6.07, 6.45) is 9.26. The first kappa shape index (κ1) is 17.6. The van der Waals surface area contributed by atoms with Crippen molar-refractivity contribution < 1.29 is 4.79 Å². The second kappa shape index (κ2) is 6.62. The van der Waals surface area contributed by atoms with Crippen LogP contribution in [0.25, 0.3) is 0 Å². The molecule has 4 aliphatic rings. The van der Waals surface area contributed by atoms with E-state index in [1.165, 1.54) is 78.9 Å². The number of ketones is 1. The molecule has 3 heteroatoms. The Hall–Kier alpha value is -2.29. The Morgan fingerprint density at radius 3 is 1.90 bits per heavy atom. The van der Waals surface area contributed by atoms with Crippen molar-refractivity contribution in [2.45, 2.75) is 64.3 Å². The summed E-state index contributed by atoms with van der Waals surface area (Å²) in [5.74, 6) is 0.224. The van der Waals surface area contributed by atoms with E-state index in [-0.39, 0.29) is 5.78 Å². The quantitative estimate of drug-likeness (QED) is 0.699. The number of hydrogen-bond acceptors (Lipinski definition) is 3. The summed E-state index contributed by atoms with van der Waals surface area (Å²) in [7, 11) is 0. The van der Waals surface area contributed by atoms with E-state index in [2.05, 4.69) is 41.0 Å². The molecule has 0 aliphatic carbocycles. The van der Waals surface area contributed by atoms with Crippen LogP contribution >= 0.6 is 0 Å². The predicted octanol–water partition coefficient (Wildman–Crippen LogP) is 4.70. The van der Waals surface area contributed by atoms with Crippen molar-refractivity contribution in [1.82, 2.24) is 0 Å². The molecule has 4 aliphatic heterocycles. The fourth-order valence-electron chi connectivity index (χ4n) is 6.26. The highest BCUT2D eigenvalue weighted by Crippen LogP contribution is 2.40. The fraction of sp³-hybridized carbons (Fsp3) is 0.500. The van der Waals surface area contributed by atoms with Gasteiger partial charge < -0.3 is 9.80 Å².